The fourth-order valence-corrected chi connectivity index (χ4v) is 2.67. The number of aliphatic hydroxyl groups is 1. The minimum atomic E-state index is -0.548. The van der Waals surface area contributed by atoms with Crippen molar-refractivity contribution in [2.45, 2.75) is 25.0 Å². The first-order chi connectivity index (χ1) is 9.11. The molecule has 0 amide bonds. The average molecular weight is 326 g/mol. The molecule has 1 aliphatic rings. The van der Waals surface area contributed by atoms with Crippen molar-refractivity contribution in [1.82, 2.24) is 5.32 Å². The molecule has 1 heterocycles. The number of nitrogens with one attached hydrogen (secondary N) is 1. The van der Waals surface area contributed by atoms with Gasteiger partial charge in [0.05, 0.1) is 12.1 Å². The quantitative estimate of drug-likeness (QED) is 0.652. The van der Waals surface area contributed by atoms with E-state index < -0.39 is 11.9 Å². The number of rotatable bonds is 4. The molecule has 0 aromatic heterocycles. The summed E-state index contributed by atoms with van der Waals surface area (Å²) in [4.78, 5) is 21.7. The second-order valence-electron chi connectivity index (χ2n) is 4.81. The van der Waals surface area contributed by atoms with Crippen molar-refractivity contribution in [2.75, 3.05) is 6.54 Å². The summed E-state index contributed by atoms with van der Waals surface area (Å²) in [6, 6.07) is 7.18. The molecule has 19 heavy (non-hydrogen) atoms. The first kappa shape index (κ1) is 14.4. The van der Waals surface area contributed by atoms with E-state index >= 15 is 0 Å². The Balaban J connectivity index is 1.95. The van der Waals surface area contributed by atoms with Crippen LogP contribution in [-0.2, 0) is 9.59 Å². The van der Waals surface area contributed by atoms with Crippen molar-refractivity contribution in [3.8, 4) is 0 Å². The average Bonchev–Trinajstić information content (AvgIpc) is 2.46. The van der Waals surface area contributed by atoms with E-state index in [1.54, 1.807) is 0 Å². The minimum Gasteiger partial charge on any atom is -0.388 e. The lowest BCUT2D eigenvalue weighted by Gasteiger charge is -2.31. The molecule has 0 saturated carbocycles. The van der Waals surface area contributed by atoms with Crippen LogP contribution in [0.15, 0.2) is 28.7 Å². The SMILES string of the molecule is O=CC(=O)C1CCC(C(O)c2ccc(Br)cc2)CN1. The third-order valence-corrected chi connectivity index (χ3v) is 4.10. The van der Waals surface area contributed by atoms with Gasteiger partial charge >= 0.3 is 0 Å². The number of halogens is 1. The molecular weight excluding hydrogens is 310 g/mol. The number of benzene rings is 1. The number of Topliss-reactive ketones (excluding diaryl/α,β-unsaturated/α-hetero) is 1. The zero-order valence-corrected chi connectivity index (χ0v) is 12.0. The van der Waals surface area contributed by atoms with Crippen LogP contribution in [0.4, 0.5) is 0 Å². The van der Waals surface area contributed by atoms with Gasteiger partial charge in [0.15, 0.2) is 6.29 Å². The van der Waals surface area contributed by atoms with Gasteiger partial charge in [-0.05, 0) is 30.5 Å². The Kier molecular flexibility index (Phi) is 4.85. The van der Waals surface area contributed by atoms with Gasteiger partial charge in [0.1, 0.15) is 0 Å². The van der Waals surface area contributed by atoms with E-state index in [2.05, 4.69) is 21.2 Å². The summed E-state index contributed by atoms with van der Waals surface area (Å²) in [5.41, 5.74) is 0.871. The van der Waals surface area contributed by atoms with E-state index in [1.165, 1.54) is 0 Å². The van der Waals surface area contributed by atoms with E-state index in [-0.39, 0.29) is 12.0 Å². The molecular formula is C14H16BrNO3. The van der Waals surface area contributed by atoms with Gasteiger partial charge in [0.2, 0.25) is 5.78 Å². The maximum absolute atomic E-state index is 11.3. The molecule has 0 aliphatic carbocycles. The van der Waals surface area contributed by atoms with Crippen LogP contribution in [0.25, 0.3) is 0 Å². The Morgan fingerprint density at radius 2 is 2.05 bits per heavy atom. The van der Waals surface area contributed by atoms with Gasteiger partial charge in [-0.1, -0.05) is 28.1 Å². The summed E-state index contributed by atoms with van der Waals surface area (Å²) in [6.07, 6.45) is 1.14. The zero-order chi connectivity index (χ0) is 13.8. The highest BCUT2D eigenvalue weighted by Crippen LogP contribution is 2.29. The molecule has 1 aromatic carbocycles. The monoisotopic (exact) mass is 325 g/mol. The number of hydrogen-bond donors (Lipinski definition) is 2. The molecule has 2 rings (SSSR count). The third-order valence-electron chi connectivity index (χ3n) is 3.57. The normalized spacial score (nSPS) is 24.7. The molecule has 1 aliphatic heterocycles. The Labute approximate surface area is 120 Å². The van der Waals surface area contributed by atoms with Gasteiger partial charge in [-0.25, -0.2) is 0 Å². The van der Waals surface area contributed by atoms with Crippen molar-refractivity contribution < 1.29 is 14.7 Å². The highest BCUT2D eigenvalue weighted by atomic mass is 79.9. The summed E-state index contributed by atoms with van der Waals surface area (Å²) in [5.74, 6) is -0.339. The van der Waals surface area contributed by atoms with E-state index in [0.717, 1.165) is 16.5 Å². The molecule has 5 heteroatoms. The number of carbonyl (C=O) groups is 2. The molecule has 0 spiro atoms. The number of carbonyl (C=O) groups excluding carboxylic acids is 2. The van der Waals surface area contributed by atoms with Gasteiger partial charge < -0.3 is 10.4 Å². The molecule has 102 valence electrons. The standard InChI is InChI=1S/C14H16BrNO3/c15-11-4-1-9(2-5-11)14(19)10-3-6-12(16-7-10)13(18)8-17/h1-2,4-5,8,10,12,14,16,19H,3,6-7H2. The molecule has 1 aromatic rings. The largest absolute Gasteiger partial charge is 0.388 e. The topological polar surface area (TPSA) is 66.4 Å². The van der Waals surface area contributed by atoms with Gasteiger partial charge in [0.25, 0.3) is 0 Å². The van der Waals surface area contributed by atoms with E-state index in [9.17, 15) is 14.7 Å². The van der Waals surface area contributed by atoms with Crippen LogP contribution in [0.1, 0.15) is 24.5 Å². The third kappa shape index (κ3) is 3.49. The lowest BCUT2D eigenvalue weighted by Crippen LogP contribution is -2.45. The summed E-state index contributed by atoms with van der Waals surface area (Å²) in [5, 5.41) is 13.3. The smallest absolute Gasteiger partial charge is 0.211 e. The second-order valence-corrected chi connectivity index (χ2v) is 5.73. The van der Waals surface area contributed by atoms with Crippen LogP contribution in [0, 0.1) is 5.92 Å². The first-order valence-electron chi connectivity index (χ1n) is 6.27. The summed E-state index contributed by atoms with van der Waals surface area (Å²) >= 11 is 3.36. The fourth-order valence-electron chi connectivity index (χ4n) is 2.41. The number of ketones is 1. The summed E-state index contributed by atoms with van der Waals surface area (Å²) in [7, 11) is 0. The number of piperidine rings is 1. The number of aliphatic hydroxyl groups excluding tert-OH is 1. The van der Waals surface area contributed by atoms with E-state index in [4.69, 9.17) is 0 Å². The maximum atomic E-state index is 11.3. The molecule has 0 radical (unpaired) electrons. The van der Waals surface area contributed by atoms with Crippen LogP contribution in [0.2, 0.25) is 0 Å². The predicted molar refractivity (Wildman–Crippen MR) is 74.7 cm³/mol. The van der Waals surface area contributed by atoms with Crippen molar-refractivity contribution in [3.05, 3.63) is 34.3 Å². The molecule has 1 saturated heterocycles. The lowest BCUT2D eigenvalue weighted by atomic mass is 9.86. The van der Waals surface area contributed by atoms with E-state index in [1.807, 2.05) is 24.3 Å². The van der Waals surface area contributed by atoms with Crippen LogP contribution in [0.3, 0.4) is 0 Å². The Morgan fingerprint density at radius 1 is 1.37 bits per heavy atom. The van der Waals surface area contributed by atoms with Gasteiger partial charge in [-0.2, -0.15) is 0 Å². The molecule has 0 bridgehead atoms. The molecule has 1 fully saturated rings. The highest BCUT2D eigenvalue weighted by molar-refractivity contribution is 9.10. The summed E-state index contributed by atoms with van der Waals surface area (Å²) < 4.78 is 0.974. The fraction of sp³-hybridized carbons (Fsp3) is 0.429. The Morgan fingerprint density at radius 3 is 2.58 bits per heavy atom. The molecule has 3 unspecified atom stereocenters. The van der Waals surface area contributed by atoms with Gasteiger partial charge in [-0.3, -0.25) is 9.59 Å². The van der Waals surface area contributed by atoms with Crippen molar-refractivity contribution >= 4 is 28.0 Å². The lowest BCUT2D eigenvalue weighted by molar-refractivity contribution is -0.131. The maximum Gasteiger partial charge on any atom is 0.211 e. The van der Waals surface area contributed by atoms with Gasteiger partial charge in [0, 0.05) is 16.9 Å². The van der Waals surface area contributed by atoms with E-state index in [0.29, 0.717) is 19.3 Å². The van der Waals surface area contributed by atoms with Gasteiger partial charge in [-0.15, -0.1) is 0 Å². The predicted octanol–water partition coefficient (Wildman–Crippen LogP) is 1.62. The first-order valence-corrected chi connectivity index (χ1v) is 7.07. The van der Waals surface area contributed by atoms with Crippen molar-refractivity contribution in [3.63, 3.8) is 0 Å². The number of hydrogen-bond acceptors (Lipinski definition) is 4. The van der Waals surface area contributed by atoms with Crippen LogP contribution >= 0.6 is 15.9 Å². The molecule has 3 atom stereocenters. The van der Waals surface area contributed by atoms with Crippen molar-refractivity contribution in [2.24, 2.45) is 5.92 Å². The second kappa shape index (κ2) is 6.41. The van der Waals surface area contributed by atoms with Crippen LogP contribution in [0.5, 0.6) is 0 Å². The number of aldehydes is 1. The Bertz CT molecular complexity index is 452. The minimum absolute atomic E-state index is 0.0666. The molecule has 4 nitrogen and oxygen atoms in total. The zero-order valence-electron chi connectivity index (χ0n) is 10.4. The summed E-state index contributed by atoms with van der Waals surface area (Å²) in [6.45, 7) is 0.543. The van der Waals surface area contributed by atoms with Crippen LogP contribution in [-0.4, -0.2) is 29.8 Å². The van der Waals surface area contributed by atoms with Crippen molar-refractivity contribution in [1.29, 1.82) is 0 Å². The Hall–Kier alpha value is -1.04. The van der Waals surface area contributed by atoms with Crippen LogP contribution < -0.4 is 5.32 Å². The highest BCUT2D eigenvalue weighted by Gasteiger charge is 2.29. The molecule has 2 N–H and O–H groups in total.